The Hall–Kier alpha value is -0.270. The van der Waals surface area contributed by atoms with Crippen LogP contribution in [0.25, 0.3) is 0 Å². The van der Waals surface area contributed by atoms with Gasteiger partial charge in [0.1, 0.15) is 0 Å². The molecule has 1 aliphatic heterocycles. The standard InChI is InChI=1S/C13H18ClNO3S2/c1-10-11(14)4-3-5-12(10)20(16,17)15-8-13(18-2)6-7-19-9-13/h3-5,15H,6-9H2,1-2H3/t13-/m0/s1. The van der Waals surface area contributed by atoms with Gasteiger partial charge in [0, 0.05) is 24.4 Å². The van der Waals surface area contributed by atoms with Crippen LogP contribution in [0.2, 0.25) is 5.02 Å². The Morgan fingerprint density at radius 2 is 2.25 bits per heavy atom. The Labute approximate surface area is 129 Å². The number of halogens is 1. The fraction of sp³-hybridized carbons (Fsp3) is 0.538. The maximum Gasteiger partial charge on any atom is 0.240 e. The molecule has 1 saturated heterocycles. The highest BCUT2D eigenvalue weighted by Gasteiger charge is 2.35. The number of hydrogen-bond donors (Lipinski definition) is 1. The topological polar surface area (TPSA) is 55.4 Å². The van der Waals surface area contributed by atoms with Crippen molar-refractivity contribution in [2.75, 3.05) is 25.2 Å². The quantitative estimate of drug-likeness (QED) is 0.898. The molecule has 0 aromatic heterocycles. The van der Waals surface area contributed by atoms with Crippen LogP contribution >= 0.6 is 23.4 Å². The second-order valence-electron chi connectivity index (χ2n) is 4.88. The number of thioether (sulfide) groups is 1. The smallest absolute Gasteiger partial charge is 0.240 e. The lowest BCUT2D eigenvalue weighted by Gasteiger charge is -2.26. The lowest BCUT2D eigenvalue weighted by Crippen LogP contribution is -2.44. The van der Waals surface area contributed by atoms with E-state index in [0.717, 1.165) is 17.9 Å². The van der Waals surface area contributed by atoms with E-state index in [1.54, 1.807) is 44.0 Å². The van der Waals surface area contributed by atoms with Gasteiger partial charge in [-0.15, -0.1) is 0 Å². The van der Waals surface area contributed by atoms with E-state index in [-0.39, 0.29) is 11.4 Å². The third-order valence-electron chi connectivity index (χ3n) is 3.59. The monoisotopic (exact) mass is 335 g/mol. The minimum atomic E-state index is -3.57. The van der Waals surface area contributed by atoms with Crippen molar-refractivity contribution in [1.29, 1.82) is 0 Å². The summed E-state index contributed by atoms with van der Waals surface area (Å²) in [7, 11) is -1.94. The van der Waals surface area contributed by atoms with E-state index in [4.69, 9.17) is 16.3 Å². The van der Waals surface area contributed by atoms with Gasteiger partial charge >= 0.3 is 0 Å². The first kappa shape index (κ1) is 16.1. The lowest BCUT2D eigenvalue weighted by molar-refractivity contribution is 0.0179. The number of nitrogens with one attached hydrogen (secondary N) is 1. The van der Waals surface area contributed by atoms with Crippen molar-refractivity contribution in [2.45, 2.75) is 23.8 Å². The molecule has 1 fully saturated rings. The molecule has 1 atom stereocenters. The second kappa shape index (κ2) is 6.23. The van der Waals surface area contributed by atoms with E-state index in [1.807, 2.05) is 0 Å². The first-order chi connectivity index (χ1) is 9.40. The highest BCUT2D eigenvalue weighted by atomic mass is 35.5. The van der Waals surface area contributed by atoms with Gasteiger partial charge < -0.3 is 4.74 Å². The highest BCUT2D eigenvalue weighted by Crippen LogP contribution is 2.31. The van der Waals surface area contributed by atoms with Gasteiger partial charge in [-0.2, -0.15) is 11.8 Å². The molecular formula is C13H18ClNO3S2. The van der Waals surface area contributed by atoms with Gasteiger partial charge in [0.15, 0.2) is 0 Å². The summed E-state index contributed by atoms with van der Waals surface area (Å²) < 4.78 is 32.9. The van der Waals surface area contributed by atoms with Gasteiger partial charge in [0.2, 0.25) is 10.0 Å². The molecule has 0 spiro atoms. The minimum absolute atomic E-state index is 0.224. The van der Waals surface area contributed by atoms with Crippen LogP contribution in [0.4, 0.5) is 0 Å². The Bertz CT molecular complexity index is 583. The number of rotatable bonds is 5. The van der Waals surface area contributed by atoms with Crippen molar-refractivity contribution in [1.82, 2.24) is 4.72 Å². The van der Waals surface area contributed by atoms with Gasteiger partial charge in [0.05, 0.1) is 10.5 Å². The summed E-state index contributed by atoms with van der Waals surface area (Å²) in [6, 6.07) is 4.88. The van der Waals surface area contributed by atoms with Crippen LogP contribution in [-0.4, -0.2) is 39.2 Å². The van der Waals surface area contributed by atoms with Crippen LogP contribution in [-0.2, 0) is 14.8 Å². The molecule has 2 rings (SSSR count). The zero-order valence-electron chi connectivity index (χ0n) is 11.5. The minimum Gasteiger partial charge on any atom is -0.376 e. The zero-order chi connectivity index (χ0) is 14.8. The average molecular weight is 336 g/mol. The summed E-state index contributed by atoms with van der Waals surface area (Å²) >= 11 is 7.76. The molecule has 112 valence electrons. The Balaban J connectivity index is 2.17. The van der Waals surface area contributed by atoms with Gasteiger partial charge in [0.25, 0.3) is 0 Å². The Kier molecular flexibility index (Phi) is 5.02. The summed E-state index contributed by atoms with van der Waals surface area (Å²) in [5.41, 5.74) is 0.165. The molecule has 1 N–H and O–H groups in total. The number of ether oxygens (including phenoxy) is 1. The molecule has 0 bridgehead atoms. The first-order valence-electron chi connectivity index (χ1n) is 6.28. The van der Waals surface area contributed by atoms with E-state index in [9.17, 15) is 8.42 Å². The van der Waals surface area contributed by atoms with Crippen molar-refractivity contribution in [3.05, 3.63) is 28.8 Å². The molecular weight excluding hydrogens is 318 g/mol. The van der Waals surface area contributed by atoms with Crippen LogP contribution < -0.4 is 4.72 Å². The molecule has 0 amide bonds. The third kappa shape index (κ3) is 3.31. The summed E-state index contributed by atoms with van der Waals surface area (Å²) in [5, 5.41) is 0.450. The second-order valence-corrected chi connectivity index (χ2v) is 8.12. The van der Waals surface area contributed by atoms with Crippen molar-refractivity contribution in [3.8, 4) is 0 Å². The average Bonchev–Trinajstić information content (AvgIpc) is 2.89. The summed E-state index contributed by atoms with van der Waals surface area (Å²) in [6.07, 6.45) is 0.852. The molecule has 1 aliphatic rings. The molecule has 0 saturated carbocycles. The molecule has 20 heavy (non-hydrogen) atoms. The van der Waals surface area contributed by atoms with Gasteiger partial charge in [-0.1, -0.05) is 17.7 Å². The van der Waals surface area contributed by atoms with E-state index in [2.05, 4.69) is 4.72 Å². The number of hydrogen-bond acceptors (Lipinski definition) is 4. The van der Waals surface area contributed by atoms with E-state index < -0.39 is 15.6 Å². The van der Waals surface area contributed by atoms with E-state index in [1.165, 1.54) is 0 Å². The fourth-order valence-electron chi connectivity index (χ4n) is 2.14. The van der Waals surface area contributed by atoms with Gasteiger partial charge in [-0.3, -0.25) is 0 Å². The van der Waals surface area contributed by atoms with Gasteiger partial charge in [-0.25, -0.2) is 13.1 Å². The third-order valence-corrected chi connectivity index (χ3v) is 6.77. The SMILES string of the molecule is CO[C@]1(CNS(=O)(=O)c2cccc(Cl)c2C)CCSC1. The molecule has 1 aromatic rings. The van der Waals surface area contributed by atoms with Crippen LogP contribution in [0, 0.1) is 6.92 Å². The molecule has 7 heteroatoms. The van der Waals surface area contributed by atoms with Crippen LogP contribution in [0.1, 0.15) is 12.0 Å². The Morgan fingerprint density at radius 1 is 1.50 bits per heavy atom. The van der Waals surface area contributed by atoms with Crippen molar-refractivity contribution >= 4 is 33.4 Å². The summed E-state index contributed by atoms with van der Waals surface area (Å²) in [4.78, 5) is 0.224. The maximum absolute atomic E-state index is 12.4. The molecule has 0 aliphatic carbocycles. The predicted octanol–water partition coefficient (Wildman–Crippen LogP) is 2.45. The van der Waals surface area contributed by atoms with Gasteiger partial charge in [-0.05, 0) is 36.8 Å². The lowest BCUT2D eigenvalue weighted by atomic mass is 10.0. The fourth-order valence-corrected chi connectivity index (χ4v) is 5.15. The Morgan fingerprint density at radius 3 is 2.85 bits per heavy atom. The number of sulfonamides is 1. The molecule has 0 unspecified atom stereocenters. The largest absolute Gasteiger partial charge is 0.376 e. The normalized spacial score (nSPS) is 23.1. The summed E-state index contributed by atoms with van der Waals surface area (Å²) in [6.45, 7) is 1.99. The first-order valence-corrected chi connectivity index (χ1v) is 9.29. The highest BCUT2D eigenvalue weighted by molar-refractivity contribution is 7.99. The summed E-state index contributed by atoms with van der Waals surface area (Å²) in [5.74, 6) is 1.80. The molecule has 4 nitrogen and oxygen atoms in total. The predicted molar refractivity (Wildman–Crippen MR) is 83.1 cm³/mol. The maximum atomic E-state index is 12.4. The molecule has 1 heterocycles. The molecule has 1 aromatic carbocycles. The number of methoxy groups -OCH3 is 1. The molecule has 0 radical (unpaired) electrons. The van der Waals surface area contributed by atoms with Crippen molar-refractivity contribution in [3.63, 3.8) is 0 Å². The van der Waals surface area contributed by atoms with Crippen LogP contribution in [0.15, 0.2) is 23.1 Å². The van der Waals surface area contributed by atoms with Crippen LogP contribution in [0.5, 0.6) is 0 Å². The van der Waals surface area contributed by atoms with Crippen molar-refractivity contribution in [2.24, 2.45) is 0 Å². The van der Waals surface area contributed by atoms with Crippen LogP contribution in [0.3, 0.4) is 0 Å². The van der Waals surface area contributed by atoms with E-state index >= 15 is 0 Å². The van der Waals surface area contributed by atoms with E-state index in [0.29, 0.717) is 10.6 Å². The zero-order valence-corrected chi connectivity index (χ0v) is 13.9. The van der Waals surface area contributed by atoms with Crippen molar-refractivity contribution < 1.29 is 13.2 Å². The number of benzene rings is 1.